The van der Waals surface area contributed by atoms with Crippen molar-refractivity contribution in [2.45, 2.75) is 25.8 Å². The Bertz CT molecular complexity index is 968. The molecule has 1 aliphatic heterocycles. The van der Waals surface area contributed by atoms with Gasteiger partial charge >= 0.3 is 0 Å². The van der Waals surface area contributed by atoms with Crippen LogP contribution in [0.3, 0.4) is 0 Å². The fourth-order valence-electron chi connectivity index (χ4n) is 3.33. The van der Waals surface area contributed by atoms with Gasteiger partial charge in [0, 0.05) is 25.9 Å². The minimum Gasteiger partial charge on any atom is -0.493 e. The van der Waals surface area contributed by atoms with Gasteiger partial charge in [-0.15, -0.1) is 11.3 Å². The van der Waals surface area contributed by atoms with Gasteiger partial charge in [-0.1, -0.05) is 11.2 Å². The van der Waals surface area contributed by atoms with E-state index in [-0.39, 0.29) is 5.91 Å². The van der Waals surface area contributed by atoms with Gasteiger partial charge in [-0.2, -0.15) is 4.98 Å². The quantitative estimate of drug-likeness (QED) is 0.633. The number of hydrogen-bond donors (Lipinski definition) is 0. The van der Waals surface area contributed by atoms with Crippen LogP contribution in [-0.4, -0.2) is 41.7 Å². The first-order valence-electron chi connectivity index (χ1n) is 9.06. The third-order valence-electron chi connectivity index (χ3n) is 4.83. The van der Waals surface area contributed by atoms with Crippen molar-refractivity contribution in [3.63, 3.8) is 0 Å². The maximum Gasteiger partial charge on any atom is 0.227 e. The third-order valence-corrected chi connectivity index (χ3v) is 5.70. The lowest BCUT2D eigenvalue weighted by Crippen LogP contribution is -2.36. The highest BCUT2D eigenvalue weighted by Gasteiger charge is 2.23. The highest BCUT2D eigenvalue weighted by molar-refractivity contribution is 7.13. The highest BCUT2D eigenvalue weighted by Crippen LogP contribution is 2.33. The number of carbonyl (C=O) groups excluding carboxylic acids is 1. The number of methoxy groups -OCH3 is 2. The number of amides is 1. The first-order chi connectivity index (χ1) is 13.7. The second kappa shape index (κ2) is 8.02. The zero-order valence-electron chi connectivity index (χ0n) is 15.8. The topological polar surface area (TPSA) is 77.7 Å². The van der Waals surface area contributed by atoms with Crippen molar-refractivity contribution in [2.24, 2.45) is 0 Å². The van der Waals surface area contributed by atoms with E-state index in [4.69, 9.17) is 14.0 Å². The molecule has 0 spiro atoms. The molecular formula is C20H21N3O4S. The Kier molecular flexibility index (Phi) is 5.29. The van der Waals surface area contributed by atoms with E-state index < -0.39 is 0 Å². The van der Waals surface area contributed by atoms with Gasteiger partial charge in [-0.05, 0) is 41.1 Å². The number of ether oxygens (including phenoxy) is 2. The number of hydrogen-bond acceptors (Lipinski definition) is 7. The molecular weight excluding hydrogens is 378 g/mol. The van der Waals surface area contributed by atoms with Crippen molar-refractivity contribution < 1.29 is 18.8 Å². The van der Waals surface area contributed by atoms with Crippen molar-refractivity contribution in [3.8, 4) is 22.2 Å². The summed E-state index contributed by atoms with van der Waals surface area (Å²) in [5, 5.41) is 5.95. The van der Waals surface area contributed by atoms with Gasteiger partial charge in [0.1, 0.15) is 0 Å². The summed E-state index contributed by atoms with van der Waals surface area (Å²) >= 11 is 1.56. The number of carbonyl (C=O) groups is 1. The molecule has 0 radical (unpaired) electrons. The molecule has 0 unspecified atom stereocenters. The monoisotopic (exact) mass is 399 g/mol. The fourth-order valence-corrected chi connectivity index (χ4v) is 3.98. The van der Waals surface area contributed by atoms with E-state index in [0.29, 0.717) is 43.4 Å². The summed E-state index contributed by atoms with van der Waals surface area (Å²) < 4.78 is 16.0. The van der Waals surface area contributed by atoms with Crippen LogP contribution >= 0.6 is 11.3 Å². The first kappa shape index (κ1) is 18.5. The number of thiophene rings is 1. The van der Waals surface area contributed by atoms with Gasteiger partial charge in [0.25, 0.3) is 0 Å². The normalized spacial score (nSPS) is 13.3. The first-order valence-corrected chi connectivity index (χ1v) is 9.94. The Labute approximate surface area is 166 Å². The average Bonchev–Trinajstić information content (AvgIpc) is 3.42. The zero-order valence-corrected chi connectivity index (χ0v) is 16.6. The van der Waals surface area contributed by atoms with Crippen LogP contribution in [0.15, 0.2) is 34.2 Å². The molecule has 1 aliphatic rings. The van der Waals surface area contributed by atoms with Crippen molar-refractivity contribution in [1.29, 1.82) is 0 Å². The van der Waals surface area contributed by atoms with Crippen LogP contribution in [0.1, 0.15) is 23.4 Å². The number of aromatic nitrogens is 2. The van der Waals surface area contributed by atoms with Crippen molar-refractivity contribution in [1.82, 2.24) is 15.0 Å². The smallest absolute Gasteiger partial charge is 0.227 e. The summed E-state index contributed by atoms with van der Waals surface area (Å²) in [6.45, 7) is 1.25. The minimum absolute atomic E-state index is 0.0799. The molecule has 1 aromatic carbocycles. The number of nitrogens with zero attached hydrogens (tertiary/aromatic N) is 3. The molecule has 0 fully saturated rings. The second-order valence-electron chi connectivity index (χ2n) is 6.53. The van der Waals surface area contributed by atoms with Crippen LogP contribution in [0, 0.1) is 0 Å². The van der Waals surface area contributed by atoms with Crippen LogP contribution in [0.25, 0.3) is 10.7 Å². The molecule has 146 valence electrons. The van der Waals surface area contributed by atoms with Gasteiger partial charge in [0.05, 0.1) is 19.1 Å². The standard InChI is InChI=1S/C20H21N3O4S/c1-25-15-10-13-7-8-23(12-14(13)11-16(15)26-2)19(24)6-5-18-21-20(22-27-18)17-4-3-9-28-17/h3-4,9-11H,5-8,12H2,1-2H3. The van der Waals surface area contributed by atoms with Gasteiger partial charge < -0.3 is 18.9 Å². The van der Waals surface area contributed by atoms with Crippen LogP contribution in [0.2, 0.25) is 0 Å². The molecule has 7 nitrogen and oxygen atoms in total. The summed E-state index contributed by atoms with van der Waals surface area (Å²) in [7, 11) is 3.25. The zero-order chi connectivity index (χ0) is 19.5. The highest BCUT2D eigenvalue weighted by atomic mass is 32.1. The second-order valence-corrected chi connectivity index (χ2v) is 7.48. The predicted molar refractivity (Wildman–Crippen MR) is 105 cm³/mol. The lowest BCUT2D eigenvalue weighted by atomic mass is 9.98. The maximum absolute atomic E-state index is 12.7. The van der Waals surface area contributed by atoms with Gasteiger partial charge in [0.15, 0.2) is 11.5 Å². The van der Waals surface area contributed by atoms with Crippen LogP contribution in [-0.2, 0) is 24.2 Å². The number of fused-ring (bicyclic) bond motifs is 1. The lowest BCUT2D eigenvalue weighted by molar-refractivity contribution is -0.132. The number of benzene rings is 1. The SMILES string of the molecule is COc1cc2c(cc1OC)CN(C(=O)CCc1nc(-c3cccs3)no1)CC2. The Hall–Kier alpha value is -2.87. The summed E-state index contributed by atoms with van der Waals surface area (Å²) in [6.07, 6.45) is 1.58. The summed E-state index contributed by atoms with van der Waals surface area (Å²) in [6, 6.07) is 7.84. The maximum atomic E-state index is 12.7. The fraction of sp³-hybridized carbons (Fsp3) is 0.350. The van der Waals surface area contributed by atoms with Crippen molar-refractivity contribution >= 4 is 17.2 Å². The van der Waals surface area contributed by atoms with Crippen LogP contribution < -0.4 is 9.47 Å². The largest absolute Gasteiger partial charge is 0.493 e. The summed E-state index contributed by atoms with van der Waals surface area (Å²) in [4.78, 5) is 19.9. The molecule has 3 heterocycles. The summed E-state index contributed by atoms with van der Waals surface area (Å²) in [5.74, 6) is 2.55. The third kappa shape index (κ3) is 3.73. The molecule has 0 saturated carbocycles. The van der Waals surface area contributed by atoms with E-state index in [1.807, 2.05) is 34.5 Å². The minimum atomic E-state index is 0.0799. The molecule has 4 rings (SSSR count). The molecule has 0 aliphatic carbocycles. The molecule has 0 saturated heterocycles. The molecule has 1 amide bonds. The lowest BCUT2D eigenvalue weighted by Gasteiger charge is -2.29. The Morgan fingerprint density at radius 1 is 1.25 bits per heavy atom. The molecule has 8 heteroatoms. The van der Waals surface area contributed by atoms with E-state index in [0.717, 1.165) is 22.6 Å². The molecule has 3 aromatic rings. The van der Waals surface area contributed by atoms with E-state index >= 15 is 0 Å². The Morgan fingerprint density at radius 2 is 2.04 bits per heavy atom. The van der Waals surface area contributed by atoms with Crippen LogP contribution in [0.4, 0.5) is 0 Å². The predicted octanol–water partition coefficient (Wildman–Crippen LogP) is 3.33. The summed E-state index contributed by atoms with van der Waals surface area (Å²) in [5.41, 5.74) is 2.29. The number of aryl methyl sites for hydroxylation is 1. The molecule has 0 N–H and O–H groups in total. The molecule has 2 aromatic heterocycles. The van der Waals surface area contributed by atoms with Crippen molar-refractivity contribution in [3.05, 3.63) is 46.7 Å². The van der Waals surface area contributed by atoms with E-state index in [1.54, 1.807) is 25.6 Å². The Balaban J connectivity index is 1.38. The van der Waals surface area contributed by atoms with Gasteiger partial charge in [-0.25, -0.2) is 0 Å². The molecule has 28 heavy (non-hydrogen) atoms. The number of rotatable bonds is 6. The van der Waals surface area contributed by atoms with Gasteiger partial charge in [0.2, 0.25) is 17.6 Å². The van der Waals surface area contributed by atoms with E-state index in [1.165, 1.54) is 5.56 Å². The van der Waals surface area contributed by atoms with Gasteiger partial charge in [-0.3, -0.25) is 4.79 Å². The molecule has 0 atom stereocenters. The molecule has 0 bridgehead atoms. The van der Waals surface area contributed by atoms with E-state index in [9.17, 15) is 4.79 Å². The van der Waals surface area contributed by atoms with Crippen molar-refractivity contribution in [2.75, 3.05) is 20.8 Å². The van der Waals surface area contributed by atoms with E-state index in [2.05, 4.69) is 10.1 Å². The van der Waals surface area contributed by atoms with Crippen LogP contribution in [0.5, 0.6) is 11.5 Å². The Morgan fingerprint density at radius 3 is 2.75 bits per heavy atom. The average molecular weight is 399 g/mol.